The van der Waals surface area contributed by atoms with Crippen LogP contribution in [0.15, 0.2) is 60.7 Å². The van der Waals surface area contributed by atoms with Crippen molar-refractivity contribution in [2.75, 3.05) is 6.61 Å². The zero-order valence-electron chi connectivity index (χ0n) is 20.1. The summed E-state index contributed by atoms with van der Waals surface area (Å²) in [6, 6.07) is 21.5. The SMILES string of the molecule is CC(C)(OC[C@H]1CCC[C@@H](O[Si](c2ccccc2)(c2ccccc2)C(C)(C)C)C1)C(=O)O. The number of carbonyl (C=O) groups is 1. The van der Waals surface area contributed by atoms with Crippen molar-refractivity contribution in [1.82, 2.24) is 0 Å². The van der Waals surface area contributed by atoms with Gasteiger partial charge in [0.1, 0.15) is 0 Å². The molecule has 0 amide bonds. The second-order valence-electron chi connectivity index (χ2n) is 10.6. The van der Waals surface area contributed by atoms with Crippen LogP contribution in [0.4, 0.5) is 0 Å². The van der Waals surface area contributed by atoms with E-state index in [1.807, 2.05) is 0 Å². The summed E-state index contributed by atoms with van der Waals surface area (Å²) < 4.78 is 13.1. The summed E-state index contributed by atoms with van der Waals surface area (Å²) in [5, 5.41) is 11.9. The van der Waals surface area contributed by atoms with Gasteiger partial charge >= 0.3 is 5.97 Å². The van der Waals surface area contributed by atoms with Crippen molar-refractivity contribution in [1.29, 1.82) is 0 Å². The monoisotopic (exact) mass is 454 g/mol. The molecule has 174 valence electrons. The predicted molar refractivity (Wildman–Crippen MR) is 132 cm³/mol. The molecule has 2 aromatic rings. The van der Waals surface area contributed by atoms with Gasteiger partial charge in [-0.3, -0.25) is 0 Å². The third kappa shape index (κ3) is 5.33. The van der Waals surface area contributed by atoms with Gasteiger partial charge in [0.2, 0.25) is 0 Å². The van der Waals surface area contributed by atoms with Gasteiger partial charge in [-0.05, 0) is 54.4 Å². The van der Waals surface area contributed by atoms with Gasteiger partial charge in [-0.15, -0.1) is 0 Å². The van der Waals surface area contributed by atoms with Crippen molar-refractivity contribution in [3.8, 4) is 0 Å². The normalized spacial score (nSPS) is 20.2. The second kappa shape index (κ2) is 9.90. The predicted octanol–water partition coefficient (Wildman–Crippen LogP) is 5.00. The topological polar surface area (TPSA) is 55.8 Å². The highest BCUT2D eigenvalue weighted by molar-refractivity contribution is 6.99. The molecule has 4 nitrogen and oxygen atoms in total. The number of aliphatic carboxylic acids is 1. The van der Waals surface area contributed by atoms with Crippen LogP contribution in [0, 0.1) is 5.92 Å². The maximum Gasteiger partial charge on any atom is 0.335 e. The average Bonchev–Trinajstić information content (AvgIpc) is 2.77. The van der Waals surface area contributed by atoms with Crippen LogP contribution in [0.1, 0.15) is 60.3 Å². The molecular weight excluding hydrogens is 416 g/mol. The molecule has 1 aliphatic carbocycles. The van der Waals surface area contributed by atoms with Gasteiger partial charge in [0.15, 0.2) is 5.60 Å². The molecule has 0 spiro atoms. The third-order valence-corrected chi connectivity index (χ3v) is 11.8. The smallest absolute Gasteiger partial charge is 0.335 e. The van der Waals surface area contributed by atoms with Crippen LogP contribution < -0.4 is 10.4 Å². The van der Waals surface area contributed by atoms with Gasteiger partial charge < -0.3 is 14.3 Å². The molecular formula is C27H38O4Si. The number of rotatable bonds is 8. The quantitative estimate of drug-likeness (QED) is 0.570. The summed E-state index contributed by atoms with van der Waals surface area (Å²) in [7, 11) is -2.58. The molecule has 0 aromatic heterocycles. The minimum absolute atomic E-state index is 0.0511. The number of ether oxygens (including phenoxy) is 1. The Hall–Kier alpha value is -1.95. The first-order chi connectivity index (χ1) is 15.1. The number of hydrogen-bond acceptors (Lipinski definition) is 3. The van der Waals surface area contributed by atoms with Crippen molar-refractivity contribution in [3.63, 3.8) is 0 Å². The molecule has 32 heavy (non-hydrogen) atoms. The zero-order valence-corrected chi connectivity index (χ0v) is 21.1. The maximum absolute atomic E-state index is 11.4. The van der Waals surface area contributed by atoms with E-state index in [2.05, 4.69) is 81.4 Å². The van der Waals surface area contributed by atoms with E-state index < -0.39 is 19.9 Å². The first kappa shape index (κ1) is 24.7. The van der Waals surface area contributed by atoms with E-state index in [-0.39, 0.29) is 11.1 Å². The Morgan fingerprint density at radius 3 is 1.94 bits per heavy atom. The fourth-order valence-electron chi connectivity index (χ4n) is 4.83. The number of benzene rings is 2. The second-order valence-corrected chi connectivity index (χ2v) is 14.8. The molecule has 0 heterocycles. The molecule has 0 aliphatic heterocycles. The Bertz CT molecular complexity index is 834. The molecule has 2 aromatic carbocycles. The van der Waals surface area contributed by atoms with E-state index in [1.165, 1.54) is 10.4 Å². The largest absolute Gasteiger partial charge is 0.479 e. The molecule has 3 rings (SSSR count). The van der Waals surface area contributed by atoms with E-state index in [1.54, 1.807) is 13.8 Å². The Labute approximate surface area is 194 Å². The molecule has 1 N–H and O–H groups in total. The van der Waals surface area contributed by atoms with Gasteiger partial charge in [-0.1, -0.05) is 87.9 Å². The number of carboxylic acids is 1. The van der Waals surface area contributed by atoms with Crippen LogP contribution in [0.5, 0.6) is 0 Å². The van der Waals surface area contributed by atoms with Gasteiger partial charge in [0, 0.05) is 6.10 Å². The average molecular weight is 455 g/mol. The fourth-order valence-corrected chi connectivity index (χ4v) is 9.56. The molecule has 1 fully saturated rings. The summed E-state index contributed by atoms with van der Waals surface area (Å²) in [6.07, 6.45) is 4.20. The van der Waals surface area contributed by atoms with E-state index in [0.717, 1.165) is 25.7 Å². The molecule has 1 aliphatic rings. The standard InChI is InChI=1S/C27H38O4Si/c1-26(2,3)32(23-15-8-6-9-16-23,24-17-10-7-11-18-24)31-22-14-12-13-21(19-22)20-30-27(4,5)25(28)29/h6-11,15-18,21-22H,12-14,19-20H2,1-5H3,(H,28,29)/t21-,22+/m0/s1. The van der Waals surface area contributed by atoms with Crippen LogP contribution in [-0.2, 0) is 14.0 Å². The van der Waals surface area contributed by atoms with E-state index in [9.17, 15) is 9.90 Å². The third-order valence-electron chi connectivity index (χ3n) is 6.69. The Morgan fingerprint density at radius 1 is 0.938 bits per heavy atom. The summed E-state index contributed by atoms with van der Waals surface area (Å²) in [4.78, 5) is 11.4. The first-order valence-electron chi connectivity index (χ1n) is 11.7. The van der Waals surface area contributed by atoms with Crippen LogP contribution in [0.3, 0.4) is 0 Å². The van der Waals surface area contributed by atoms with Crippen LogP contribution in [0.25, 0.3) is 0 Å². The first-order valence-corrected chi connectivity index (χ1v) is 13.6. The lowest BCUT2D eigenvalue weighted by Gasteiger charge is -2.46. The Morgan fingerprint density at radius 2 is 1.47 bits per heavy atom. The lowest BCUT2D eigenvalue weighted by molar-refractivity contribution is -0.163. The van der Waals surface area contributed by atoms with Crippen molar-refractivity contribution in [2.24, 2.45) is 5.92 Å². The van der Waals surface area contributed by atoms with Gasteiger partial charge in [0.25, 0.3) is 8.32 Å². The zero-order chi connectivity index (χ0) is 23.4. The highest BCUT2D eigenvalue weighted by Gasteiger charge is 2.51. The van der Waals surface area contributed by atoms with Crippen molar-refractivity contribution < 1.29 is 19.1 Å². The Kier molecular flexibility index (Phi) is 7.64. The number of carboxylic acid groups (broad SMARTS) is 1. The van der Waals surface area contributed by atoms with Gasteiger partial charge in [-0.2, -0.15) is 0 Å². The highest BCUT2D eigenvalue weighted by Crippen LogP contribution is 2.40. The lowest BCUT2D eigenvalue weighted by Crippen LogP contribution is -2.68. The summed E-state index contributed by atoms with van der Waals surface area (Å²) in [5.41, 5.74) is -1.16. The molecule has 2 atom stereocenters. The van der Waals surface area contributed by atoms with Crippen LogP contribution in [-0.4, -0.2) is 37.7 Å². The minimum atomic E-state index is -2.58. The van der Waals surface area contributed by atoms with Crippen molar-refractivity contribution >= 4 is 24.7 Å². The minimum Gasteiger partial charge on any atom is -0.479 e. The van der Waals surface area contributed by atoms with E-state index >= 15 is 0 Å². The molecule has 0 saturated heterocycles. The molecule has 0 unspecified atom stereocenters. The van der Waals surface area contributed by atoms with Crippen LogP contribution >= 0.6 is 0 Å². The lowest BCUT2D eigenvalue weighted by atomic mass is 9.88. The summed E-state index contributed by atoms with van der Waals surface area (Å²) in [5.74, 6) is -0.612. The summed E-state index contributed by atoms with van der Waals surface area (Å²) in [6.45, 7) is 10.6. The molecule has 0 bridgehead atoms. The maximum atomic E-state index is 11.4. The molecule has 0 radical (unpaired) electrons. The Balaban J connectivity index is 1.89. The summed E-state index contributed by atoms with van der Waals surface area (Å²) >= 11 is 0. The molecule has 5 heteroatoms. The van der Waals surface area contributed by atoms with Crippen molar-refractivity contribution in [3.05, 3.63) is 60.7 Å². The molecule has 1 saturated carbocycles. The van der Waals surface area contributed by atoms with E-state index in [4.69, 9.17) is 9.16 Å². The highest BCUT2D eigenvalue weighted by atomic mass is 28.4. The van der Waals surface area contributed by atoms with E-state index in [0.29, 0.717) is 12.5 Å². The van der Waals surface area contributed by atoms with Gasteiger partial charge in [0.05, 0.1) is 6.61 Å². The van der Waals surface area contributed by atoms with Crippen molar-refractivity contribution in [2.45, 2.75) is 77.0 Å². The van der Waals surface area contributed by atoms with Crippen LogP contribution in [0.2, 0.25) is 5.04 Å². The van der Waals surface area contributed by atoms with Gasteiger partial charge in [-0.25, -0.2) is 4.79 Å². The fraction of sp³-hybridized carbons (Fsp3) is 0.519. The number of hydrogen-bond donors (Lipinski definition) is 1.